The first-order valence-electron chi connectivity index (χ1n) is 12.0. The van der Waals surface area contributed by atoms with Gasteiger partial charge in [-0.3, -0.25) is 19.3 Å². The van der Waals surface area contributed by atoms with Crippen molar-refractivity contribution in [1.82, 2.24) is 4.90 Å². The van der Waals surface area contributed by atoms with E-state index in [0.29, 0.717) is 35.8 Å². The molecule has 37 heavy (non-hydrogen) atoms. The zero-order chi connectivity index (χ0) is 26.9. The number of rotatable bonds is 10. The summed E-state index contributed by atoms with van der Waals surface area (Å²) in [4.78, 5) is 38.0. The van der Waals surface area contributed by atoms with Crippen molar-refractivity contribution < 1.29 is 28.6 Å². The van der Waals surface area contributed by atoms with E-state index >= 15 is 0 Å². The van der Waals surface area contributed by atoms with Gasteiger partial charge in [0.1, 0.15) is 18.2 Å². The lowest BCUT2D eigenvalue weighted by atomic mass is 9.93. The lowest BCUT2D eigenvalue weighted by molar-refractivity contribution is -0.141. The van der Waals surface area contributed by atoms with Gasteiger partial charge in [0.25, 0.3) is 11.8 Å². The van der Waals surface area contributed by atoms with Gasteiger partial charge in [-0.25, -0.2) is 0 Å². The molecular weight excluding hydrogens is 472 g/mol. The van der Waals surface area contributed by atoms with Crippen LogP contribution in [0.4, 0.5) is 0 Å². The maximum absolute atomic E-state index is 13.2. The predicted octanol–water partition coefficient (Wildman–Crippen LogP) is 4.52. The van der Waals surface area contributed by atoms with Crippen molar-refractivity contribution in [2.75, 3.05) is 19.8 Å². The molecule has 0 unspecified atom stereocenters. The largest absolute Gasteiger partial charge is 0.490 e. The van der Waals surface area contributed by atoms with E-state index in [2.05, 4.69) is 0 Å². The Morgan fingerprint density at radius 2 is 1.76 bits per heavy atom. The second-order valence-corrected chi connectivity index (χ2v) is 8.54. The first-order chi connectivity index (χ1) is 17.7. The number of hydrogen-bond acceptors (Lipinski definition) is 7. The Morgan fingerprint density at radius 1 is 1.03 bits per heavy atom. The summed E-state index contributed by atoms with van der Waals surface area (Å²) in [7, 11) is 0. The van der Waals surface area contributed by atoms with E-state index in [1.165, 1.54) is 12.5 Å². The molecule has 0 aromatic heterocycles. The highest BCUT2D eigenvalue weighted by molar-refractivity contribution is 6.19. The lowest BCUT2D eigenvalue weighted by Crippen LogP contribution is -2.43. The second-order valence-electron chi connectivity index (χ2n) is 8.54. The van der Waals surface area contributed by atoms with Crippen molar-refractivity contribution in [3.05, 3.63) is 75.9 Å². The van der Waals surface area contributed by atoms with Crippen molar-refractivity contribution in [3.63, 3.8) is 0 Å². The van der Waals surface area contributed by atoms with Crippen molar-refractivity contribution in [1.29, 1.82) is 5.26 Å². The Labute approximate surface area is 216 Å². The molecule has 8 heteroatoms. The minimum Gasteiger partial charge on any atom is -0.490 e. The number of imide groups is 1. The van der Waals surface area contributed by atoms with Gasteiger partial charge in [-0.15, -0.1) is 0 Å². The molecule has 0 bridgehead atoms. The van der Waals surface area contributed by atoms with Crippen LogP contribution in [0, 0.1) is 18.3 Å². The molecule has 0 atom stereocenters. The summed E-state index contributed by atoms with van der Waals surface area (Å²) in [6.45, 7) is 7.64. The molecule has 2 amide bonds. The smallest absolute Gasteiger partial charge is 0.302 e. The molecule has 0 saturated heterocycles. The molecule has 1 aliphatic heterocycles. The monoisotopic (exact) mass is 502 g/mol. The third-order valence-electron chi connectivity index (χ3n) is 5.75. The number of amides is 2. The minimum absolute atomic E-state index is 0.0245. The van der Waals surface area contributed by atoms with E-state index in [1.807, 2.05) is 44.2 Å². The van der Waals surface area contributed by atoms with Gasteiger partial charge in [0.05, 0.1) is 13.2 Å². The highest BCUT2D eigenvalue weighted by Gasteiger charge is 2.35. The van der Waals surface area contributed by atoms with Crippen molar-refractivity contribution in [2.45, 2.75) is 40.7 Å². The van der Waals surface area contributed by atoms with Crippen LogP contribution < -0.4 is 9.47 Å². The number of carbonyl (C=O) groups excluding carboxylic acids is 3. The van der Waals surface area contributed by atoms with E-state index in [-0.39, 0.29) is 30.7 Å². The fraction of sp³-hybridized carbons (Fsp3) is 0.310. The van der Waals surface area contributed by atoms with Crippen LogP contribution in [0.3, 0.4) is 0 Å². The Balaban J connectivity index is 1.87. The third kappa shape index (κ3) is 6.85. The number of aryl methyl sites for hydroxylation is 1. The topological polar surface area (TPSA) is 106 Å². The van der Waals surface area contributed by atoms with Crippen LogP contribution >= 0.6 is 0 Å². The molecule has 2 aromatic carbocycles. The SMILES string of the molecule is CCOc1cc(/C=C2/C(=O)N(CCCOC(C)=O)C(=O)C(C#N)=C2C)ccc1OCc1ccc(C)cc1. The van der Waals surface area contributed by atoms with Gasteiger partial charge in [0, 0.05) is 19.0 Å². The highest BCUT2D eigenvalue weighted by Crippen LogP contribution is 2.32. The average Bonchev–Trinajstić information content (AvgIpc) is 2.87. The first kappa shape index (κ1) is 27.2. The predicted molar refractivity (Wildman–Crippen MR) is 137 cm³/mol. The van der Waals surface area contributed by atoms with E-state index in [4.69, 9.17) is 14.2 Å². The van der Waals surface area contributed by atoms with Gasteiger partial charge in [0.2, 0.25) is 0 Å². The molecule has 8 nitrogen and oxygen atoms in total. The lowest BCUT2D eigenvalue weighted by Gasteiger charge is -2.27. The van der Waals surface area contributed by atoms with Crippen LogP contribution in [0.15, 0.2) is 59.2 Å². The summed E-state index contributed by atoms with van der Waals surface area (Å²) < 4.78 is 16.7. The standard InChI is InChI=1S/C29H30N2O6/c1-5-35-27-16-23(11-12-26(27)37-18-22-9-7-19(2)8-10-22)15-24-20(3)25(17-30)29(34)31(28(24)33)13-6-14-36-21(4)32/h7-12,15-16H,5-6,13-14,18H2,1-4H3/b24-15+. The molecule has 0 aliphatic carbocycles. The maximum atomic E-state index is 13.2. The number of benzene rings is 2. The van der Waals surface area contributed by atoms with Gasteiger partial charge in [-0.2, -0.15) is 5.26 Å². The Bertz CT molecular complexity index is 1280. The summed E-state index contributed by atoms with van der Waals surface area (Å²) >= 11 is 0. The molecular formula is C29H30N2O6. The fourth-order valence-electron chi connectivity index (χ4n) is 3.79. The third-order valence-corrected chi connectivity index (χ3v) is 5.75. The quantitative estimate of drug-likeness (QED) is 0.204. The first-order valence-corrected chi connectivity index (χ1v) is 12.0. The van der Waals surface area contributed by atoms with Crippen LogP contribution in [-0.2, 0) is 25.7 Å². The van der Waals surface area contributed by atoms with Gasteiger partial charge < -0.3 is 14.2 Å². The molecule has 1 heterocycles. The summed E-state index contributed by atoms with van der Waals surface area (Å²) in [6, 6.07) is 15.3. The van der Waals surface area contributed by atoms with Crippen LogP contribution in [0.5, 0.6) is 11.5 Å². The number of ether oxygens (including phenoxy) is 3. The molecule has 2 aromatic rings. The molecule has 3 rings (SSSR count). The number of esters is 1. The summed E-state index contributed by atoms with van der Waals surface area (Å²) in [5, 5.41) is 9.58. The van der Waals surface area contributed by atoms with Crippen molar-refractivity contribution in [2.24, 2.45) is 0 Å². The Morgan fingerprint density at radius 3 is 2.41 bits per heavy atom. The van der Waals surface area contributed by atoms with E-state index in [1.54, 1.807) is 31.2 Å². The number of nitriles is 1. The van der Waals surface area contributed by atoms with Gasteiger partial charge in [-0.05, 0) is 62.1 Å². The molecule has 0 saturated carbocycles. The normalized spacial score (nSPS) is 14.6. The van der Waals surface area contributed by atoms with Gasteiger partial charge in [0.15, 0.2) is 11.5 Å². The van der Waals surface area contributed by atoms with Crippen LogP contribution in [0.1, 0.15) is 43.9 Å². The maximum Gasteiger partial charge on any atom is 0.302 e. The second kappa shape index (κ2) is 12.5. The Kier molecular flexibility index (Phi) is 9.22. The number of hydrogen-bond donors (Lipinski definition) is 0. The summed E-state index contributed by atoms with van der Waals surface area (Å²) in [5.74, 6) is -0.529. The van der Waals surface area contributed by atoms with Crippen molar-refractivity contribution >= 4 is 23.9 Å². The Hall–Kier alpha value is -4.38. The zero-order valence-electron chi connectivity index (χ0n) is 21.5. The van der Waals surface area contributed by atoms with Crippen LogP contribution in [0.25, 0.3) is 6.08 Å². The zero-order valence-corrected chi connectivity index (χ0v) is 21.5. The molecule has 192 valence electrons. The minimum atomic E-state index is -0.653. The van der Waals surface area contributed by atoms with E-state index in [9.17, 15) is 19.6 Å². The molecule has 0 radical (unpaired) electrons. The average molecular weight is 503 g/mol. The summed E-state index contributed by atoms with van der Waals surface area (Å²) in [5.41, 5.74) is 3.30. The van der Waals surface area contributed by atoms with Crippen LogP contribution in [0.2, 0.25) is 0 Å². The molecule has 0 N–H and O–H groups in total. The van der Waals surface area contributed by atoms with Crippen molar-refractivity contribution in [3.8, 4) is 17.6 Å². The van der Waals surface area contributed by atoms with Crippen LogP contribution in [-0.4, -0.2) is 42.4 Å². The van der Waals surface area contributed by atoms with E-state index in [0.717, 1.165) is 10.5 Å². The van der Waals surface area contributed by atoms with E-state index < -0.39 is 17.8 Å². The van der Waals surface area contributed by atoms with Gasteiger partial charge in [-0.1, -0.05) is 35.9 Å². The molecule has 1 aliphatic rings. The summed E-state index contributed by atoms with van der Waals surface area (Å²) in [6.07, 6.45) is 1.90. The highest BCUT2D eigenvalue weighted by atomic mass is 16.5. The number of carbonyl (C=O) groups is 3. The molecule has 0 spiro atoms. The fourth-order valence-corrected chi connectivity index (χ4v) is 3.79. The molecule has 0 fully saturated rings. The van der Waals surface area contributed by atoms with Gasteiger partial charge >= 0.3 is 5.97 Å². The number of nitrogens with zero attached hydrogens (tertiary/aromatic N) is 2.